The second-order valence-electron chi connectivity index (χ2n) is 8.65. The SMILES string of the molecule is C=C=C=C=C=C=C=C=C=CC1(CCCCCCCCCC)c2ccccc2-c2ccc(Br)cc21. The summed E-state index contributed by atoms with van der Waals surface area (Å²) in [7, 11) is 0. The molecule has 0 aromatic heterocycles. The molecule has 0 heterocycles. The number of rotatable bonds is 10. The highest BCUT2D eigenvalue weighted by Gasteiger charge is 2.40. The molecule has 170 valence electrons. The smallest absolute Gasteiger partial charge is 0.0475 e. The molecule has 1 atom stereocenters. The second kappa shape index (κ2) is 13.6. The summed E-state index contributed by atoms with van der Waals surface area (Å²) in [5, 5.41) is 0. The molecular weight excluding hydrogens is 476 g/mol. The Bertz CT molecular complexity index is 1310. The van der Waals surface area contributed by atoms with Gasteiger partial charge in [-0.2, -0.15) is 0 Å². The molecule has 0 nitrogen and oxygen atoms in total. The summed E-state index contributed by atoms with van der Waals surface area (Å²) in [6.07, 6.45) is 13.7. The number of hydrogen-bond donors (Lipinski definition) is 0. The van der Waals surface area contributed by atoms with Crippen LogP contribution in [0, 0.1) is 0 Å². The van der Waals surface area contributed by atoms with Crippen molar-refractivity contribution in [1.82, 2.24) is 0 Å². The first-order valence-corrected chi connectivity index (χ1v) is 13.0. The van der Waals surface area contributed by atoms with Crippen molar-refractivity contribution in [2.45, 2.75) is 70.1 Å². The number of allylic oxidation sites excluding steroid dienone is 1. The van der Waals surface area contributed by atoms with E-state index < -0.39 is 0 Å². The third kappa shape index (κ3) is 6.48. The molecule has 2 aromatic carbocycles. The van der Waals surface area contributed by atoms with Crippen molar-refractivity contribution in [1.29, 1.82) is 0 Å². The Morgan fingerprint density at radius 1 is 0.765 bits per heavy atom. The molecule has 0 fully saturated rings. The summed E-state index contributed by atoms with van der Waals surface area (Å²) in [4.78, 5) is 0. The van der Waals surface area contributed by atoms with Gasteiger partial charge in [0.1, 0.15) is 0 Å². The molecule has 1 aliphatic carbocycles. The molecule has 0 aliphatic heterocycles. The quantitative estimate of drug-likeness (QED) is 0.222. The van der Waals surface area contributed by atoms with Crippen LogP contribution in [0.4, 0.5) is 0 Å². The minimum atomic E-state index is -0.225. The molecule has 0 saturated heterocycles. The Morgan fingerprint density at radius 2 is 1.41 bits per heavy atom. The summed E-state index contributed by atoms with van der Waals surface area (Å²) < 4.78 is 1.10. The standard InChI is InChI=1S/C33H31Br/c1-3-5-7-9-11-13-15-19-25-33(26-20-16-14-12-10-8-6-4-2)31-22-18-17-21-29(31)30-24-23-28(34)27-32(30)33/h17-18,21-25,27H,1,4,6,8,10,12,14,16,20,26H2,2H3. The third-order valence-corrected chi connectivity index (χ3v) is 6.87. The van der Waals surface area contributed by atoms with E-state index in [0.717, 1.165) is 10.9 Å². The van der Waals surface area contributed by atoms with E-state index in [4.69, 9.17) is 0 Å². The lowest BCUT2D eigenvalue weighted by Crippen LogP contribution is -2.22. The minimum Gasteiger partial charge on any atom is -0.0687 e. The highest BCUT2D eigenvalue weighted by Crippen LogP contribution is 2.52. The number of benzene rings is 2. The summed E-state index contributed by atoms with van der Waals surface area (Å²) in [6.45, 7) is 5.70. The minimum absolute atomic E-state index is 0.225. The fraction of sp³-hybridized carbons (Fsp3) is 0.333. The van der Waals surface area contributed by atoms with E-state index in [1.54, 1.807) is 0 Å². The van der Waals surface area contributed by atoms with Gasteiger partial charge in [-0.1, -0.05) is 116 Å². The Morgan fingerprint density at radius 3 is 2.18 bits per heavy atom. The van der Waals surface area contributed by atoms with Gasteiger partial charge >= 0.3 is 0 Å². The van der Waals surface area contributed by atoms with Gasteiger partial charge in [0.15, 0.2) is 0 Å². The average Bonchev–Trinajstić information content (AvgIpc) is 3.12. The fourth-order valence-corrected chi connectivity index (χ4v) is 5.13. The van der Waals surface area contributed by atoms with Crippen molar-refractivity contribution < 1.29 is 0 Å². The van der Waals surface area contributed by atoms with Crippen LogP contribution in [0.5, 0.6) is 0 Å². The molecule has 1 unspecified atom stereocenters. The van der Waals surface area contributed by atoms with Gasteiger partial charge in [0.2, 0.25) is 0 Å². The predicted molar refractivity (Wildman–Crippen MR) is 146 cm³/mol. The van der Waals surface area contributed by atoms with Crippen LogP contribution in [0.25, 0.3) is 11.1 Å². The van der Waals surface area contributed by atoms with Crippen molar-refractivity contribution in [3.63, 3.8) is 0 Å². The van der Waals surface area contributed by atoms with Crippen molar-refractivity contribution in [2.75, 3.05) is 0 Å². The molecule has 3 rings (SSSR count). The van der Waals surface area contributed by atoms with E-state index in [-0.39, 0.29) is 5.41 Å². The van der Waals surface area contributed by atoms with E-state index in [1.165, 1.54) is 73.6 Å². The molecule has 1 heteroatoms. The van der Waals surface area contributed by atoms with Gasteiger partial charge in [0, 0.05) is 9.89 Å². The first-order valence-electron chi connectivity index (χ1n) is 12.2. The average molecular weight is 508 g/mol. The maximum Gasteiger partial charge on any atom is 0.0475 e. The second-order valence-corrected chi connectivity index (χ2v) is 9.56. The van der Waals surface area contributed by atoms with E-state index in [1.807, 2.05) is 0 Å². The normalized spacial score (nSPS) is 14.5. The van der Waals surface area contributed by atoms with Gasteiger partial charge in [0.05, 0.1) is 0 Å². The van der Waals surface area contributed by atoms with Crippen molar-refractivity contribution in [3.05, 3.63) is 117 Å². The van der Waals surface area contributed by atoms with Crippen LogP contribution in [-0.4, -0.2) is 0 Å². The van der Waals surface area contributed by atoms with Crippen LogP contribution in [0.15, 0.2) is 105 Å². The maximum absolute atomic E-state index is 3.70. The van der Waals surface area contributed by atoms with Crippen molar-refractivity contribution >= 4 is 15.9 Å². The molecule has 0 bridgehead atoms. The summed E-state index contributed by atoms with van der Waals surface area (Å²) in [5.41, 5.74) is 27.3. The Labute approximate surface area is 213 Å². The number of unbranched alkanes of at least 4 members (excludes halogenated alkanes) is 7. The molecule has 1 aliphatic rings. The molecule has 0 amide bonds. The van der Waals surface area contributed by atoms with Crippen LogP contribution in [-0.2, 0) is 5.41 Å². The molecular formula is C33H31Br. The topological polar surface area (TPSA) is 0 Å². The molecule has 0 saturated carbocycles. The van der Waals surface area contributed by atoms with Crippen LogP contribution < -0.4 is 0 Å². The predicted octanol–water partition coefficient (Wildman–Crippen LogP) is 9.67. The highest BCUT2D eigenvalue weighted by atomic mass is 79.9. The number of hydrogen-bond acceptors (Lipinski definition) is 0. The lowest BCUT2D eigenvalue weighted by molar-refractivity contribution is 0.512. The lowest BCUT2D eigenvalue weighted by Gasteiger charge is -2.28. The third-order valence-electron chi connectivity index (χ3n) is 6.38. The Hall–Kier alpha value is -3.10. The van der Waals surface area contributed by atoms with Gasteiger partial charge < -0.3 is 0 Å². The van der Waals surface area contributed by atoms with E-state index >= 15 is 0 Å². The monoisotopic (exact) mass is 506 g/mol. The zero-order chi connectivity index (χ0) is 24.1. The van der Waals surface area contributed by atoms with Crippen LogP contribution >= 0.6 is 15.9 Å². The largest absolute Gasteiger partial charge is 0.0687 e. The van der Waals surface area contributed by atoms with Crippen LogP contribution in [0.2, 0.25) is 0 Å². The van der Waals surface area contributed by atoms with Gasteiger partial charge in [-0.05, 0) is 87.8 Å². The first kappa shape index (κ1) is 25.5. The number of fused-ring (bicyclic) bond motifs is 3. The molecule has 34 heavy (non-hydrogen) atoms. The molecule has 0 N–H and O–H groups in total. The summed E-state index contributed by atoms with van der Waals surface area (Å²) in [5.74, 6) is 0. The van der Waals surface area contributed by atoms with E-state index in [9.17, 15) is 0 Å². The summed E-state index contributed by atoms with van der Waals surface area (Å²) in [6, 6.07) is 15.4. The first-order chi connectivity index (χ1) is 16.7. The van der Waals surface area contributed by atoms with E-state index in [2.05, 4.69) is 124 Å². The van der Waals surface area contributed by atoms with Gasteiger partial charge in [0.25, 0.3) is 0 Å². The maximum atomic E-state index is 3.70. The Kier molecular flexibility index (Phi) is 10.2. The molecule has 0 radical (unpaired) electrons. The van der Waals surface area contributed by atoms with E-state index in [0.29, 0.717) is 0 Å². The van der Waals surface area contributed by atoms with Crippen LogP contribution in [0.3, 0.4) is 0 Å². The van der Waals surface area contributed by atoms with Gasteiger partial charge in [-0.15, -0.1) is 0 Å². The molecule has 2 aromatic rings. The zero-order valence-corrected chi connectivity index (χ0v) is 21.7. The highest BCUT2D eigenvalue weighted by molar-refractivity contribution is 9.10. The lowest BCUT2D eigenvalue weighted by atomic mass is 9.74. The Balaban J connectivity index is 1.97. The zero-order valence-electron chi connectivity index (χ0n) is 20.1. The van der Waals surface area contributed by atoms with Gasteiger partial charge in [-0.3, -0.25) is 0 Å². The van der Waals surface area contributed by atoms with Gasteiger partial charge in [-0.25, -0.2) is 0 Å². The molecule has 0 spiro atoms. The number of halogens is 1. The van der Waals surface area contributed by atoms with Crippen molar-refractivity contribution in [2.24, 2.45) is 0 Å². The van der Waals surface area contributed by atoms with Crippen LogP contribution in [0.1, 0.15) is 75.8 Å². The van der Waals surface area contributed by atoms with Crippen molar-refractivity contribution in [3.8, 4) is 11.1 Å². The summed E-state index contributed by atoms with van der Waals surface area (Å²) >= 11 is 3.70. The fourth-order valence-electron chi connectivity index (χ4n) is 4.77.